The maximum absolute atomic E-state index is 14.0. The number of nitrogens with zero attached hydrogens (tertiary/aromatic N) is 3. The van der Waals surface area contributed by atoms with Crippen molar-refractivity contribution in [2.45, 2.75) is 19.3 Å². The topological polar surface area (TPSA) is 60.2 Å². The average Bonchev–Trinajstić information content (AvgIpc) is 2.64. The molecule has 1 aromatic heterocycles. The molecule has 2 heterocycles. The number of rotatable bonds is 4. The van der Waals surface area contributed by atoms with E-state index in [1.165, 1.54) is 12.1 Å². The second kappa shape index (κ2) is 7.16. The average molecular weight is 343 g/mol. The number of nitriles is 1. The lowest BCUT2D eigenvalue weighted by atomic mass is 9.75. The molecule has 3 rings (SSSR count). The molecule has 0 spiro atoms. The van der Waals surface area contributed by atoms with E-state index in [0.29, 0.717) is 30.0 Å². The first-order valence-corrected chi connectivity index (χ1v) is 8.22. The van der Waals surface area contributed by atoms with E-state index in [0.717, 1.165) is 25.5 Å². The van der Waals surface area contributed by atoms with E-state index in [9.17, 15) is 13.9 Å². The van der Waals surface area contributed by atoms with E-state index >= 15 is 0 Å². The van der Waals surface area contributed by atoms with Crippen LogP contribution in [0, 0.1) is 28.4 Å². The zero-order valence-electron chi connectivity index (χ0n) is 13.8. The van der Waals surface area contributed by atoms with Gasteiger partial charge in [-0.1, -0.05) is 12.1 Å². The highest BCUT2D eigenvalue weighted by molar-refractivity contribution is 5.42. The van der Waals surface area contributed by atoms with Crippen LogP contribution in [0.2, 0.25) is 0 Å². The minimum atomic E-state index is -0.609. The predicted octanol–water partition coefficient (Wildman–Crippen LogP) is 3.05. The van der Waals surface area contributed by atoms with Crippen LogP contribution < -0.4 is 4.90 Å². The molecule has 4 nitrogen and oxygen atoms in total. The molecule has 25 heavy (non-hydrogen) atoms. The molecule has 1 N–H and O–H groups in total. The molecule has 1 fully saturated rings. The molecule has 130 valence electrons. The largest absolute Gasteiger partial charge is 0.396 e. The normalized spacial score (nSPS) is 20.3. The van der Waals surface area contributed by atoms with Crippen molar-refractivity contribution in [3.8, 4) is 6.07 Å². The van der Waals surface area contributed by atoms with Crippen molar-refractivity contribution in [2.24, 2.45) is 5.41 Å². The fourth-order valence-electron chi connectivity index (χ4n) is 3.46. The summed E-state index contributed by atoms with van der Waals surface area (Å²) in [6.07, 6.45) is 1.89. The SMILES string of the molecule is N#Cc1cccc(N2CCCC(CO)(Cc3ccc(F)cc3F)C2)n1. The molecule has 0 saturated carbocycles. The highest BCUT2D eigenvalue weighted by atomic mass is 19.1. The lowest BCUT2D eigenvalue weighted by Gasteiger charge is -2.42. The number of pyridine rings is 1. The standard InChI is InChI=1S/C19H19F2N3O/c20-15-6-5-14(17(21)9-15)10-19(13-25)7-2-8-24(12-19)18-4-1-3-16(11-22)23-18/h1,3-6,9,25H,2,7-8,10,12-13H2. The molecule has 2 aromatic rings. The zero-order valence-corrected chi connectivity index (χ0v) is 13.8. The van der Waals surface area contributed by atoms with Crippen molar-refractivity contribution in [3.63, 3.8) is 0 Å². The molecule has 0 bridgehead atoms. The summed E-state index contributed by atoms with van der Waals surface area (Å²) in [5.41, 5.74) is 0.208. The number of hydrogen-bond acceptors (Lipinski definition) is 4. The van der Waals surface area contributed by atoms with E-state index in [1.54, 1.807) is 12.1 Å². The first-order valence-electron chi connectivity index (χ1n) is 8.22. The number of anilines is 1. The number of aliphatic hydroxyl groups is 1. The second-order valence-electron chi connectivity index (χ2n) is 6.59. The zero-order chi connectivity index (χ0) is 17.9. The highest BCUT2D eigenvalue weighted by Crippen LogP contribution is 2.35. The first kappa shape index (κ1) is 17.3. The third-order valence-corrected chi connectivity index (χ3v) is 4.75. The van der Waals surface area contributed by atoms with Crippen LogP contribution in [0.15, 0.2) is 36.4 Å². The molecular weight excluding hydrogens is 324 g/mol. The molecule has 1 aliphatic heterocycles. The third-order valence-electron chi connectivity index (χ3n) is 4.75. The van der Waals surface area contributed by atoms with Crippen LogP contribution in [-0.2, 0) is 6.42 Å². The monoisotopic (exact) mass is 343 g/mol. The van der Waals surface area contributed by atoms with Gasteiger partial charge in [0, 0.05) is 24.6 Å². The number of piperidine rings is 1. The Balaban J connectivity index is 1.84. The van der Waals surface area contributed by atoms with Crippen molar-refractivity contribution in [1.82, 2.24) is 4.98 Å². The Morgan fingerprint density at radius 1 is 1.28 bits per heavy atom. The van der Waals surface area contributed by atoms with E-state index in [4.69, 9.17) is 5.26 Å². The van der Waals surface area contributed by atoms with Gasteiger partial charge < -0.3 is 10.0 Å². The van der Waals surface area contributed by atoms with Gasteiger partial charge in [-0.15, -0.1) is 0 Å². The Labute approximate surface area is 145 Å². The molecule has 1 unspecified atom stereocenters. The Morgan fingerprint density at radius 2 is 2.12 bits per heavy atom. The maximum Gasteiger partial charge on any atom is 0.142 e. The lowest BCUT2D eigenvalue weighted by Crippen LogP contribution is -2.47. The Hall–Kier alpha value is -2.52. The van der Waals surface area contributed by atoms with Crippen LogP contribution >= 0.6 is 0 Å². The van der Waals surface area contributed by atoms with Crippen LogP contribution in [0.25, 0.3) is 0 Å². The van der Waals surface area contributed by atoms with Crippen molar-refractivity contribution < 1.29 is 13.9 Å². The second-order valence-corrected chi connectivity index (χ2v) is 6.59. The van der Waals surface area contributed by atoms with Gasteiger partial charge >= 0.3 is 0 Å². The number of hydrogen-bond donors (Lipinski definition) is 1. The number of benzene rings is 1. The summed E-state index contributed by atoms with van der Waals surface area (Å²) < 4.78 is 27.2. The first-order chi connectivity index (χ1) is 12.0. The van der Waals surface area contributed by atoms with Crippen LogP contribution in [0.3, 0.4) is 0 Å². The highest BCUT2D eigenvalue weighted by Gasteiger charge is 2.36. The summed E-state index contributed by atoms with van der Waals surface area (Å²) in [4.78, 5) is 6.33. The van der Waals surface area contributed by atoms with Gasteiger partial charge in [0.15, 0.2) is 0 Å². The molecule has 6 heteroatoms. The third kappa shape index (κ3) is 3.77. The summed E-state index contributed by atoms with van der Waals surface area (Å²) in [6, 6.07) is 10.8. The molecule has 1 aliphatic rings. The number of aliphatic hydroxyl groups excluding tert-OH is 1. The minimum Gasteiger partial charge on any atom is -0.396 e. The van der Waals surface area contributed by atoms with Crippen LogP contribution in [0.1, 0.15) is 24.1 Å². The molecule has 1 atom stereocenters. The van der Waals surface area contributed by atoms with Gasteiger partial charge in [0.1, 0.15) is 29.2 Å². The van der Waals surface area contributed by atoms with E-state index < -0.39 is 17.0 Å². The van der Waals surface area contributed by atoms with Gasteiger partial charge in [0.2, 0.25) is 0 Å². The van der Waals surface area contributed by atoms with Gasteiger partial charge in [0.25, 0.3) is 0 Å². The Bertz CT molecular complexity index is 805. The quantitative estimate of drug-likeness (QED) is 0.927. The molecule has 1 aromatic carbocycles. The van der Waals surface area contributed by atoms with E-state index in [1.807, 2.05) is 17.0 Å². The minimum absolute atomic E-state index is 0.0990. The van der Waals surface area contributed by atoms with Crippen LogP contribution in [0.5, 0.6) is 0 Å². The summed E-state index contributed by atoms with van der Waals surface area (Å²) in [7, 11) is 0. The molecule has 0 aliphatic carbocycles. The van der Waals surface area contributed by atoms with Crippen molar-refractivity contribution >= 4 is 5.82 Å². The Morgan fingerprint density at radius 3 is 2.84 bits per heavy atom. The van der Waals surface area contributed by atoms with Gasteiger partial charge in [-0.05, 0) is 43.0 Å². The number of halogens is 2. The van der Waals surface area contributed by atoms with Gasteiger partial charge in [0.05, 0.1) is 6.61 Å². The lowest BCUT2D eigenvalue weighted by molar-refractivity contribution is 0.104. The van der Waals surface area contributed by atoms with Crippen LogP contribution in [0.4, 0.5) is 14.6 Å². The molecule has 1 saturated heterocycles. The summed E-state index contributed by atoms with van der Waals surface area (Å²) >= 11 is 0. The Kier molecular flexibility index (Phi) is 4.95. The van der Waals surface area contributed by atoms with Crippen molar-refractivity contribution in [1.29, 1.82) is 5.26 Å². The van der Waals surface area contributed by atoms with Crippen molar-refractivity contribution in [2.75, 3.05) is 24.6 Å². The summed E-state index contributed by atoms with van der Waals surface area (Å²) in [5, 5.41) is 19.0. The van der Waals surface area contributed by atoms with Gasteiger partial charge in [-0.2, -0.15) is 5.26 Å². The molecule has 0 radical (unpaired) electrons. The summed E-state index contributed by atoms with van der Waals surface area (Å²) in [5.74, 6) is -0.521. The fourth-order valence-corrected chi connectivity index (χ4v) is 3.46. The summed E-state index contributed by atoms with van der Waals surface area (Å²) in [6.45, 7) is 1.16. The smallest absolute Gasteiger partial charge is 0.142 e. The number of aromatic nitrogens is 1. The fraction of sp³-hybridized carbons (Fsp3) is 0.368. The maximum atomic E-state index is 14.0. The van der Waals surface area contributed by atoms with Gasteiger partial charge in [-0.25, -0.2) is 13.8 Å². The van der Waals surface area contributed by atoms with Crippen molar-refractivity contribution in [3.05, 3.63) is 59.3 Å². The molecule has 0 amide bonds. The molecular formula is C19H19F2N3O. The van der Waals surface area contributed by atoms with Gasteiger partial charge in [-0.3, -0.25) is 0 Å². The van der Waals surface area contributed by atoms with Crippen LogP contribution in [-0.4, -0.2) is 29.8 Å². The van der Waals surface area contributed by atoms with E-state index in [-0.39, 0.29) is 6.61 Å². The van der Waals surface area contributed by atoms with E-state index in [2.05, 4.69) is 4.98 Å². The predicted molar refractivity (Wildman–Crippen MR) is 90.0 cm³/mol.